The van der Waals surface area contributed by atoms with Gasteiger partial charge in [-0.3, -0.25) is 0 Å². The molecule has 0 saturated carbocycles. The minimum atomic E-state index is -3.43. The van der Waals surface area contributed by atoms with Crippen LogP contribution in [0.2, 0.25) is 0 Å². The first-order valence-corrected chi connectivity index (χ1v) is 8.65. The van der Waals surface area contributed by atoms with Crippen molar-refractivity contribution >= 4 is 37.3 Å². The van der Waals surface area contributed by atoms with Crippen LogP contribution in [0.15, 0.2) is 14.7 Å². The third-order valence-corrected chi connectivity index (χ3v) is 5.88. The Balaban J connectivity index is 2.01. The smallest absolute Gasteiger partial charge is 0.241 e. The second-order valence-corrected chi connectivity index (χ2v) is 8.42. The van der Waals surface area contributed by atoms with E-state index in [2.05, 4.69) is 26.0 Å². The molecule has 1 unspecified atom stereocenters. The Bertz CT molecular complexity index is 509. The fourth-order valence-electron chi connectivity index (χ4n) is 1.74. The number of sulfonamides is 1. The topological polar surface area (TPSA) is 67.4 Å². The lowest BCUT2D eigenvalue weighted by atomic mass is 10.3. The van der Waals surface area contributed by atoms with Crippen LogP contribution in [0.3, 0.4) is 0 Å². The van der Waals surface area contributed by atoms with Crippen LogP contribution >= 0.6 is 27.3 Å². The van der Waals surface area contributed by atoms with Crippen molar-refractivity contribution in [1.82, 2.24) is 10.0 Å². The minimum absolute atomic E-state index is 0.0379. The molecule has 0 spiro atoms. The van der Waals surface area contributed by atoms with Crippen molar-refractivity contribution in [3.8, 4) is 0 Å². The molecule has 2 rings (SSSR count). The van der Waals surface area contributed by atoms with Gasteiger partial charge in [0.15, 0.2) is 0 Å². The largest absolute Gasteiger partial charge is 0.378 e. The third kappa shape index (κ3) is 3.52. The SMILES string of the molecule is Cc1sc(Br)cc1S(=O)(=O)NCC1COCCN1. The highest BCUT2D eigenvalue weighted by atomic mass is 79.9. The van der Waals surface area contributed by atoms with Gasteiger partial charge in [-0.05, 0) is 28.9 Å². The summed E-state index contributed by atoms with van der Waals surface area (Å²) in [5.41, 5.74) is 0. The van der Waals surface area contributed by atoms with Crippen molar-refractivity contribution in [3.63, 3.8) is 0 Å². The molecular weight excluding hydrogens is 340 g/mol. The molecule has 0 bridgehead atoms. The number of halogens is 1. The summed E-state index contributed by atoms with van der Waals surface area (Å²) in [6.45, 7) is 4.12. The quantitative estimate of drug-likeness (QED) is 0.849. The number of morpholine rings is 1. The van der Waals surface area contributed by atoms with Crippen LogP contribution in [0.5, 0.6) is 0 Å². The molecule has 18 heavy (non-hydrogen) atoms. The molecule has 102 valence electrons. The summed E-state index contributed by atoms with van der Waals surface area (Å²) in [6, 6.07) is 1.67. The molecule has 2 N–H and O–H groups in total. The lowest BCUT2D eigenvalue weighted by molar-refractivity contribution is 0.0784. The van der Waals surface area contributed by atoms with E-state index in [4.69, 9.17) is 4.74 Å². The normalized spacial score (nSPS) is 21.1. The Labute approximate surface area is 119 Å². The van der Waals surface area contributed by atoms with Gasteiger partial charge in [-0.15, -0.1) is 11.3 Å². The van der Waals surface area contributed by atoms with Gasteiger partial charge >= 0.3 is 0 Å². The number of aryl methyl sites for hydroxylation is 1. The molecule has 1 aromatic heterocycles. The molecule has 1 atom stereocenters. The molecule has 0 aromatic carbocycles. The maximum atomic E-state index is 12.1. The second kappa shape index (κ2) is 5.98. The van der Waals surface area contributed by atoms with Crippen LogP contribution in [0.1, 0.15) is 4.88 Å². The Morgan fingerprint density at radius 1 is 1.67 bits per heavy atom. The van der Waals surface area contributed by atoms with Crippen LogP contribution in [0.4, 0.5) is 0 Å². The van der Waals surface area contributed by atoms with Crippen molar-refractivity contribution in [3.05, 3.63) is 14.7 Å². The molecule has 1 aliphatic heterocycles. The van der Waals surface area contributed by atoms with E-state index in [0.717, 1.165) is 15.2 Å². The Kier molecular flexibility index (Phi) is 4.79. The summed E-state index contributed by atoms with van der Waals surface area (Å²) in [5.74, 6) is 0. The van der Waals surface area contributed by atoms with Gasteiger partial charge in [0.25, 0.3) is 0 Å². The van der Waals surface area contributed by atoms with Gasteiger partial charge in [0.1, 0.15) is 0 Å². The van der Waals surface area contributed by atoms with E-state index in [1.165, 1.54) is 11.3 Å². The van der Waals surface area contributed by atoms with Gasteiger partial charge in [0.05, 0.1) is 21.9 Å². The van der Waals surface area contributed by atoms with Crippen molar-refractivity contribution in [1.29, 1.82) is 0 Å². The van der Waals surface area contributed by atoms with Crippen LogP contribution in [-0.2, 0) is 14.8 Å². The van der Waals surface area contributed by atoms with E-state index in [9.17, 15) is 8.42 Å². The van der Waals surface area contributed by atoms with E-state index in [1.807, 2.05) is 0 Å². The standard InChI is InChI=1S/C10H15BrN2O3S2/c1-7-9(4-10(11)17-7)18(14,15)13-5-8-6-16-3-2-12-8/h4,8,12-13H,2-3,5-6H2,1H3. The number of rotatable bonds is 4. The van der Waals surface area contributed by atoms with Gasteiger partial charge in [-0.25, -0.2) is 13.1 Å². The zero-order valence-corrected chi connectivity index (χ0v) is 13.1. The lowest BCUT2D eigenvalue weighted by Gasteiger charge is -2.23. The van der Waals surface area contributed by atoms with Crippen LogP contribution in [0, 0.1) is 6.92 Å². The zero-order chi connectivity index (χ0) is 13.2. The predicted octanol–water partition coefficient (Wildman–Crippen LogP) is 1.09. The Morgan fingerprint density at radius 2 is 2.44 bits per heavy atom. The first-order chi connectivity index (χ1) is 8.49. The summed E-state index contributed by atoms with van der Waals surface area (Å²) >= 11 is 4.71. The number of nitrogens with one attached hydrogen (secondary N) is 2. The highest BCUT2D eigenvalue weighted by Crippen LogP contribution is 2.29. The first-order valence-electron chi connectivity index (χ1n) is 5.56. The van der Waals surface area contributed by atoms with Crippen LogP contribution < -0.4 is 10.0 Å². The summed E-state index contributed by atoms with van der Waals surface area (Å²) < 4.78 is 32.9. The molecule has 1 saturated heterocycles. The lowest BCUT2D eigenvalue weighted by Crippen LogP contribution is -2.48. The average molecular weight is 355 g/mol. The highest BCUT2D eigenvalue weighted by Gasteiger charge is 2.21. The number of hydrogen-bond donors (Lipinski definition) is 2. The fourth-order valence-corrected chi connectivity index (χ4v) is 5.23. The van der Waals surface area contributed by atoms with E-state index in [-0.39, 0.29) is 6.04 Å². The van der Waals surface area contributed by atoms with E-state index in [1.54, 1.807) is 13.0 Å². The average Bonchev–Trinajstić information content (AvgIpc) is 2.68. The van der Waals surface area contributed by atoms with Crippen molar-refractivity contribution in [2.75, 3.05) is 26.3 Å². The molecule has 1 aromatic rings. The van der Waals surface area contributed by atoms with Gasteiger partial charge in [-0.2, -0.15) is 0 Å². The molecule has 0 aliphatic carbocycles. The summed E-state index contributed by atoms with van der Waals surface area (Å²) in [5, 5.41) is 3.20. The minimum Gasteiger partial charge on any atom is -0.378 e. The highest BCUT2D eigenvalue weighted by molar-refractivity contribution is 9.11. The maximum Gasteiger partial charge on any atom is 0.241 e. The second-order valence-electron chi connectivity index (χ2n) is 4.05. The zero-order valence-electron chi connectivity index (χ0n) is 9.90. The predicted molar refractivity (Wildman–Crippen MR) is 74.6 cm³/mol. The number of ether oxygens (including phenoxy) is 1. The molecule has 1 aliphatic rings. The van der Waals surface area contributed by atoms with E-state index < -0.39 is 10.0 Å². The van der Waals surface area contributed by atoms with Crippen molar-refractivity contribution in [2.45, 2.75) is 17.9 Å². The number of hydrogen-bond acceptors (Lipinski definition) is 5. The van der Waals surface area contributed by atoms with E-state index >= 15 is 0 Å². The van der Waals surface area contributed by atoms with Crippen LogP contribution in [-0.4, -0.2) is 40.8 Å². The van der Waals surface area contributed by atoms with Gasteiger partial charge < -0.3 is 10.1 Å². The van der Waals surface area contributed by atoms with E-state index in [0.29, 0.717) is 24.7 Å². The summed E-state index contributed by atoms with van der Waals surface area (Å²) in [4.78, 5) is 1.12. The molecule has 5 nitrogen and oxygen atoms in total. The molecule has 0 amide bonds. The monoisotopic (exact) mass is 354 g/mol. The maximum absolute atomic E-state index is 12.1. The first kappa shape index (κ1) is 14.4. The van der Waals surface area contributed by atoms with Gasteiger partial charge in [0.2, 0.25) is 10.0 Å². The van der Waals surface area contributed by atoms with Gasteiger partial charge in [0, 0.05) is 24.0 Å². The van der Waals surface area contributed by atoms with Crippen molar-refractivity contribution < 1.29 is 13.2 Å². The fraction of sp³-hybridized carbons (Fsp3) is 0.600. The summed E-state index contributed by atoms with van der Waals surface area (Å²) in [6.07, 6.45) is 0. The van der Waals surface area contributed by atoms with Gasteiger partial charge in [-0.1, -0.05) is 0 Å². The Morgan fingerprint density at radius 3 is 3.00 bits per heavy atom. The molecule has 1 fully saturated rings. The number of thiophene rings is 1. The Hall–Kier alpha value is 0.01000. The van der Waals surface area contributed by atoms with Crippen LogP contribution in [0.25, 0.3) is 0 Å². The molecule has 2 heterocycles. The van der Waals surface area contributed by atoms with Crippen molar-refractivity contribution in [2.24, 2.45) is 0 Å². The third-order valence-electron chi connectivity index (χ3n) is 2.65. The molecular formula is C10H15BrN2O3S2. The molecule has 0 radical (unpaired) electrons. The summed E-state index contributed by atoms with van der Waals surface area (Å²) in [7, 11) is -3.43. The molecule has 8 heteroatoms.